The minimum absolute atomic E-state index is 0.262. The third-order valence-corrected chi connectivity index (χ3v) is 25.4. The normalized spacial score (nSPS) is 12.5. The highest BCUT2D eigenvalue weighted by molar-refractivity contribution is 6.89. The average Bonchev–Trinajstić information content (AvgIpc) is 1.65. The van der Waals surface area contributed by atoms with Crippen LogP contribution in [0.25, 0.3) is 75.8 Å². The maximum atomic E-state index is 2.48. The van der Waals surface area contributed by atoms with E-state index in [-0.39, 0.29) is 5.41 Å². The summed E-state index contributed by atoms with van der Waals surface area (Å²) < 4.78 is 0. The Hall–Kier alpha value is -11.8. The van der Waals surface area contributed by atoms with E-state index < -0.39 is 16.1 Å². The quantitative estimate of drug-likeness (QED) is 0.0795. The minimum atomic E-state index is -1.43. The molecule has 0 saturated heterocycles. The fraction of sp³-hybridized carbons (Fsp3) is 0.0928. The van der Waals surface area contributed by atoms with Crippen LogP contribution in [0.2, 0.25) is 39.3 Å². The highest BCUT2D eigenvalue weighted by Gasteiger charge is 2.39. The number of hydrogen-bond donors (Lipinski definition) is 0. The third kappa shape index (κ3) is 11.6. The van der Waals surface area contributed by atoms with E-state index >= 15 is 0 Å². The van der Waals surface area contributed by atoms with Gasteiger partial charge in [-0.05, 0) is 175 Å². The molecule has 0 heterocycles. The van der Waals surface area contributed by atoms with Crippen molar-refractivity contribution in [1.29, 1.82) is 0 Å². The average molecular weight is 1360 g/mol. The zero-order valence-electron chi connectivity index (χ0n) is 59.8. The van der Waals surface area contributed by atoms with Crippen LogP contribution in [0.1, 0.15) is 25.0 Å². The lowest BCUT2D eigenvalue weighted by Crippen LogP contribution is -2.37. The lowest BCUT2D eigenvalue weighted by atomic mass is 9.81. The molecule has 0 atom stereocenters. The summed E-state index contributed by atoms with van der Waals surface area (Å²) in [6.07, 6.45) is 0. The van der Waals surface area contributed by atoms with Crippen molar-refractivity contribution in [3.05, 3.63) is 363 Å². The second-order valence-electron chi connectivity index (χ2n) is 30.1. The molecular formula is C97H82N4Si2. The molecule has 1 aliphatic rings. The van der Waals surface area contributed by atoms with Crippen LogP contribution in [0, 0.1) is 0 Å². The van der Waals surface area contributed by atoms with E-state index in [2.05, 4.69) is 425 Å². The van der Waals surface area contributed by atoms with Gasteiger partial charge in [0.25, 0.3) is 0 Å². The van der Waals surface area contributed by atoms with Crippen molar-refractivity contribution >= 4 is 159 Å². The van der Waals surface area contributed by atoms with E-state index in [0.29, 0.717) is 0 Å². The predicted octanol–water partition coefficient (Wildman–Crippen LogP) is 27.0. The van der Waals surface area contributed by atoms with Gasteiger partial charge < -0.3 is 19.6 Å². The Labute approximate surface area is 607 Å². The second kappa shape index (κ2) is 26.0. The molecule has 18 rings (SSSR count). The molecule has 0 aliphatic heterocycles. The summed E-state index contributed by atoms with van der Waals surface area (Å²) in [4.78, 5) is 9.74. The number of para-hydroxylation sites is 4. The first kappa shape index (κ1) is 64.6. The first-order chi connectivity index (χ1) is 50.2. The zero-order chi connectivity index (χ0) is 70.1. The lowest BCUT2D eigenvalue weighted by molar-refractivity contribution is 0.661. The van der Waals surface area contributed by atoms with Crippen LogP contribution in [0.4, 0.5) is 68.2 Å². The second-order valence-corrected chi connectivity index (χ2v) is 40.2. The van der Waals surface area contributed by atoms with E-state index in [4.69, 9.17) is 0 Å². The monoisotopic (exact) mass is 1360 g/mol. The van der Waals surface area contributed by atoms with Gasteiger partial charge in [-0.2, -0.15) is 0 Å². The molecule has 17 aromatic carbocycles. The Bertz CT molecular complexity index is 5800. The smallest absolute Gasteiger partial charge is 0.0775 e. The molecule has 0 saturated carbocycles. The minimum Gasteiger partial charge on any atom is -0.310 e. The maximum Gasteiger partial charge on any atom is 0.0775 e. The van der Waals surface area contributed by atoms with Gasteiger partial charge in [-0.3, -0.25) is 0 Å². The van der Waals surface area contributed by atoms with Crippen molar-refractivity contribution in [1.82, 2.24) is 0 Å². The van der Waals surface area contributed by atoms with Gasteiger partial charge >= 0.3 is 0 Å². The molecule has 0 fully saturated rings. The van der Waals surface area contributed by atoms with Gasteiger partial charge in [0.15, 0.2) is 0 Å². The molecule has 0 spiro atoms. The summed E-state index contributed by atoms with van der Waals surface area (Å²) in [7, 11) is -2.87. The van der Waals surface area contributed by atoms with Crippen molar-refractivity contribution < 1.29 is 0 Å². The molecule has 0 amide bonds. The summed E-state index contributed by atoms with van der Waals surface area (Å²) in [5.74, 6) is 0. The number of anilines is 12. The van der Waals surface area contributed by atoms with Gasteiger partial charge in [0.1, 0.15) is 0 Å². The highest BCUT2D eigenvalue weighted by atomic mass is 28.3. The van der Waals surface area contributed by atoms with Crippen LogP contribution in [0.3, 0.4) is 0 Å². The summed E-state index contributed by atoms with van der Waals surface area (Å²) in [6.45, 7) is 19.3. The number of benzene rings is 17. The third-order valence-electron chi connectivity index (χ3n) is 21.3. The van der Waals surface area contributed by atoms with Crippen molar-refractivity contribution in [2.75, 3.05) is 19.6 Å². The number of nitrogens with zero attached hydrogens (tertiary/aromatic N) is 4. The molecule has 1 aliphatic carbocycles. The van der Waals surface area contributed by atoms with Crippen molar-refractivity contribution in [3.63, 3.8) is 0 Å². The molecule has 4 nitrogen and oxygen atoms in total. The van der Waals surface area contributed by atoms with Gasteiger partial charge in [-0.1, -0.05) is 300 Å². The molecule has 0 aromatic heterocycles. The fourth-order valence-electron chi connectivity index (χ4n) is 16.1. The predicted molar refractivity (Wildman–Crippen MR) is 451 cm³/mol. The molecule has 0 unspecified atom stereocenters. The highest BCUT2D eigenvalue weighted by Crippen LogP contribution is 2.57. The van der Waals surface area contributed by atoms with E-state index in [1.807, 2.05) is 0 Å². The molecule has 6 heteroatoms. The van der Waals surface area contributed by atoms with Crippen LogP contribution in [0.15, 0.2) is 352 Å². The Morgan fingerprint density at radius 3 is 1.01 bits per heavy atom. The molecule has 0 N–H and O–H groups in total. The topological polar surface area (TPSA) is 13.0 Å². The molecular weight excluding hydrogens is 1280 g/mol. The van der Waals surface area contributed by atoms with E-state index in [9.17, 15) is 0 Å². The van der Waals surface area contributed by atoms with Crippen LogP contribution >= 0.6 is 0 Å². The Morgan fingerprint density at radius 2 is 0.563 bits per heavy atom. The molecule has 0 bridgehead atoms. The van der Waals surface area contributed by atoms with Gasteiger partial charge in [-0.15, -0.1) is 0 Å². The Balaban J connectivity index is 0.000000153. The number of rotatable bonds is 14. The van der Waals surface area contributed by atoms with Crippen LogP contribution in [0.5, 0.6) is 0 Å². The zero-order valence-corrected chi connectivity index (χ0v) is 61.8. The van der Waals surface area contributed by atoms with E-state index in [1.165, 1.54) is 137 Å². The number of hydrogen-bond acceptors (Lipinski definition) is 4. The first-order valence-corrected chi connectivity index (χ1v) is 43.1. The van der Waals surface area contributed by atoms with Gasteiger partial charge in [0.05, 0.1) is 44.6 Å². The Kier molecular flexibility index (Phi) is 16.3. The van der Waals surface area contributed by atoms with E-state index in [1.54, 1.807) is 0 Å². The fourth-order valence-corrected chi connectivity index (χ4v) is 18.4. The lowest BCUT2D eigenvalue weighted by Gasteiger charge is -2.31. The Morgan fingerprint density at radius 1 is 0.223 bits per heavy atom. The first-order valence-electron chi connectivity index (χ1n) is 36.1. The van der Waals surface area contributed by atoms with E-state index in [0.717, 1.165) is 28.4 Å². The summed E-state index contributed by atoms with van der Waals surface area (Å²) in [5.41, 5.74) is 19.0. The molecule has 498 valence electrons. The van der Waals surface area contributed by atoms with Crippen LogP contribution in [-0.2, 0) is 5.41 Å². The van der Waals surface area contributed by atoms with Crippen molar-refractivity contribution in [2.45, 2.75) is 58.5 Å². The van der Waals surface area contributed by atoms with Gasteiger partial charge in [0.2, 0.25) is 0 Å². The molecule has 103 heavy (non-hydrogen) atoms. The van der Waals surface area contributed by atoms with Crippen LogP contribution in [-0.4, -0.2) is 16.1 Å². The summed E-state index contributed by atoms with van der Waals surface area (Å²) in [5, 5.41) is 18.0. The van der Waals surface area contributed by atoms with Crippen molar-refractivity contribution in [3.8, 4) is 11.1 Å². The van der Waals surface area contributed by atoms with Gasteiger partial charge in [0, 0.05) is 72.2 Å². The number of fused-ring (bicyclic) bond motifs is 7. The van der Waals surface area contributed by atoms with Crippen molar-refractivity contribution in [2.24, 2.45) is 0 Å². The standard InChI is InChI=1S/C51H38N2.C46H44N2Si2/c1-51(2)45-33-39(52(37-21-5-3-6-22-37)47-29-15-19-35-17-9-11-25-40(35)47)31-32-44(45)50-43-28-14-13-27-42(43)49(34-46(50)51)53(38-23-7-4-8-24-38)48-30-16-20-36-18-10-12-26-41(36)48;1-49(2,3)39-25-21-37(22-26-39)47(35-13-9-7-10-14-35)43-31-19-33-18-30-42-44(32-20-34-17-29-41(43)45(33)46(34)42)48(36-15-11-8-12-16-36)38-23-27-40(28-24-38)50(4,5)6/h3-34H,1-2H3;7-32H,1-6H3. The molecule has 0 radical (unpaired) electrons. The SMILES string of the molecule is CC1(C)c2cc(N(c3ccccc3)c3cccc4ccccc34)ccc2-c2c1cc(N(c1ccccc1)c1cccc3ccccc13)c1ccccc21.C[Si](C)(C)c1ccc(N(c2ccccc2)c2ccc3ccc4c(N(c5ccccc5)c5ccc([Si](C)(C)C)cc5)ccc5ccc2c3c54)cc1. The van der Waals surface area contributed by atoms with Gasteiger partial charge in [-0.25, -0.2) is 0 Å². The van der Waals surface area contributed by atoms with Crippen LogP contribution < -0.4 is 30.0 Å². The summed E-state index contributed by atoms with van der Waals surface area (Å²) in [6, 6.07) is 129. The molecule has 17 aromatic rings. The summed E-state index contributed by atoms with van der Waals surface area (Å²) >= 11 is 0. The largest absolute Gasteiger partial charge is 0.310 e. The maximum absolute atomic E-state index is 2.48.